The van der Waals surface area contributed by atoms with Gasteiger partial charge in [-0.25, -0.2) is 12.8 Å². The summed E-state index contributed by atoms with van der Waals surface area (Å²) in [7, 11) is -3.91. The van der Waals surface area contributed by atoms with Gasteiger partial charge in [-0.2, -0.15) is 4.31 Å². The van der Waals surface area contributed by atoms with E-state index in [2.05, 4.69) is 0 Å². The molecule has 0 atom stereocenters. The van der Waals surface area contributed by atoms with E-state index < -0.39 is 10.0 Å². The Hall–Kier alpha value is -2.26. The SMILES string of the molecule is Cc1ccsc1CN(Cc1ccc(F)cc1)C(=O)CN(C1CCCCC1)S(=O)(=O)c1ccc(Cl)cc1. The van der Waals surface area contributed by atoms with Gasteiger partial charge in [-0.1, -0.05) is 43.0 Å². The smallest absolute Gasteiger partial charge is 0.243 e. The second-order valence-corrected chi connectivity index (χ2v) is 12.5. The second kappa shape index (κ2) is 11.9. The quantitative estimate of drug-likeness (QED) is 0.311. The van der Waals surface area contributed by atoms with Gasteiger partial charge in [-0.15, -0.1) is 11.3 Å². The zero-order valence-electron chi connectivity index (χ0n) is 20.2. The van der Waals surface area contributed by atoms with Crippen molar-refractivity contribution in [3.8, 4) is 0 Å². The predicted molar refractivity (Wildman–Crippen MR) is 142 cm³/mol. The van der Waals surface area contributed by atoms with E-state index in [1.54, 1.807) is 40.5 Å². The molecule has 3 aromatic rings. The van der Waals surface area contributed by atoms with Crippen LogP contribution < -0.4 is 0 Å². The maximum absolute atomic E-state index is 13.8. The molecule has 1 aliphatic rings. The lowest BCUT2D eigenvalue weighted by atomic mass is 9.95. The van der Waals surface area contributed by atoms with Gasteiger partial charge in [-0.3, -0.25) is 4.79 Å². The Balaban J connectivity index is 1.64. The van der Waals surface area contributed by atoms with E-state index in [9.17, 15) is 17.6 Å². The lowest BCUT2D eigenvalue weighted by Gasteiger charge is -2.34. The van der Waals surface area contributed by atoms with Crippen molar-refractivity contribution in [1.29, 1.82) is 0 Å². The number of sulfonamides is 1. The third kappa shape index (κ3) is 6.54. The van der Waals surface area contributed by atoms with E-state index in [0.717, 1.165) is 48.1 Å². The summed E-state index contributed by atoms with van der Waals surface area (Å²) in [5.74, 6) is -0.626. The van der Waals surface area contributed by atoms with Gasteiger partial charge in [0.05, 0.1) is 18.0 Å². The third-order valence-corrected chi connectivity index (χ3v) is 9.81. The normalized spacial score (nSPS) is 14.8. The highest BCUT2D eigenvalue weighted by Gasteiger charge is 2.35. The number of aryl methyl sites for hydroxylation is 1. The average molecular weight is 549 g/mol. The van der Waals surface area contributed by atoms with Gasteiger partial charge in [0.25, 0.3) is 0 Å². The highest BCUT2D eigenvalue weighted by molar-refractivity contribution is 7.89. The molecule has 0 aliphatic heterocycles. The number of amides is 1. The van der Waals surface area contributed by atoms with Crippen LogP contribution in [0.25, 0.3) is 0 Å². The topological polar surface area (TPSA) is 57.7 Å². The monoisotopic (exact) mass is 548 g/mol. The first-order valence-corrected chi connectivity index (χ1v) is 14.8. The van der Waals surface area contributed by atoms with Crippen LogP contribution in [-0.4, -0.2) is 36.1 Å². The van der Waals surface area contributed by atoms with Gasteiger partial charge >= 0.3 is 0 Å². The first-order valence-electron chi connectivity index (χ1n) is 12.1. The number of benzene rings is 2. The van der Waals surface area contributed by atoms with E-state index in [4.69, 9.17) is 11.6 Å². The van der Waals surface area contributed by atoms with Crippen molar-refractivity contribution in [1.82, 2.24) is 9.21 Å². The van der Waals surface area contributed by atoms with Crippen LogP contribution in [0.1, 0.15) is 48.1 Å². The number of carbonyl (C=O) groups excluding carboxylic acids is 1. The summed E-state index contributed by atoms with van der Waals surface area (Å²) in [6, 6.07) is 13.9. The number of thiophene rings is 1. The van der Waals surface area contributed by atoms with E-state index >= 15 is 0 Å². The second-order valence-electron chi connectivity index (χ2n) is 9.20. The van der Waals surface area contributed by atoms with Crippen molar-refractivity contribution in [3.63, 3.8) is 0 Å². The lowest BCUT2D eigenvalue weighted by Crippen LogP contribution is -2.47. The summed E-state index contributed by atoms with van der Waals surface area (Å²) in [5, 5.41) is 2.43. The fraction of sp³-hybridized carbons (Fsp3) is 0.370. The molecule has 0 spiro atoms. The molecule has 0 radical (unpaired) electrons. The Kier molecular flexibility index (Phi) is 8.83. The summed E-state index contributed by atoms with van der Waals surface area (Å²) in [4.78, 5) is 16.6. The Morgan fingerprint density at radius 2 is 1.67 bits per heavy atom. The van der Waals surface area contributed by atoms with Crippen molar-refractivity contribution < 1.29 is 17.6 Å². The molecule has 1 aromatic heterocycles. The van der Waals surface area contributed by atoms with Gasteiger partial charge in [0, 0.05) is 22.5 Å². The molecule has 1 amide bonds. The van der Waals surface area contributed by atoms with Crippen LogP contribution in [-0.2, 0) is 27.9 Å². The number of halogens is 2. The molecule has 0 N–H and O–H groups in total. The van der Waals surface area contributed by atoms with Gasteiger partial charge in [0.2, 0.25) is 15.9 Å². The van der Waals surface area contributed by atoms with E-state index in [-0.39, 0.29) is 35.8 Å². The molecule has 192 valence electrons. The predicted octanol–water partition coefficient (Wildman–Crippen LogP) is 6.40. The minimum Gasteiger partial charge on any atom is -0.332 e. The van der Waals surface area contributed by atoms with Crippen LogP contribution in [0.2, 0.25) is 5.02 Å². The van der Waals surface area contributed by atoms with Gasteiger partial charge < -0.3 is 4.90 Å². The molecule has 1 heterocycles. The standard InChI is InChI=1S/C27H30ClFN2O3S2/c1-20-15-16-35-26(20)18-30(17-21-7-11-23(29)12-8-21)27(32)19-31(24-5-3-2-4-6-24)36(33,34)25-13-9-22(28)10-14-25/h7-16,24H,2-6,17-19H2,1H3. The highest BCUT2D eigenvalue weighted by atomic mass is 35.5. The van der Waals surface area contributed by atoms with Crippen molar-refractivity contribution in [3.05, 3.63) is 86.8 Å². The molecule has 5 nitrogen and oxygen atoms in total. The Bertz CT molecular complexity index is 1270. The van der Waals surface area contributed by atoms with Crippen LogP contribution in [0.3, 0.4) is 0 Å². The van der Waals surface area contributed by atoms with Gasteiger partial charge in [0.15, 0.2) is 0 Å². The summed E-state index contributed by atoms with van der Waals surface area (Å²) in [6.45, 7) is 2.36. The number of hydrogen-bond acceptors (Lipinski definition) is 4. The van der Waals surface area contributed by atoms with Crippen LogP contribution >= 0.6 is 22.9 Å². The summed E-state index contributed by atoms with van der Waals surface area (Å²) >= 11 is 7.55. The highest BCUT2D eigenvalue weighted by Crippen LogP contribution is 2.29. The molecule has 1 fully saturated rings. The van der Waals surface area contributed by atoms with Crippen molar-refractivity contribution in [2.45, 2.75) is 63.1 Å². The van der Waals surface area contributed by atoms with Crippen LogP contribution in [0.15, 0.2) is 64.9 Å². The summed E-state index contributed by atoms with van der Waals surface area (Å²) < 4.78 is 42.3. The Labute approximate surface area is 221 Å². The molecule has 2 aromatic carbocycles. The van der Waals surface area contributed by atoms with E-state index in [1.807, 2.05) is 18.4 Å². The van der Waals surface area contributed by atoms with Crippen LogP contribution in [0.5, 0.6) is 0 Å². The Morgan fingerprint density at radius 3 is 2.28 bits per heavy atom. The maximum Gasteiger partial charge on any atom is 0.243 e. The first-order chi connectivity index (χ1) is 17.2. The fourth-order valence-corrected chi connectivity index (χ4v) is 7.22. The van der Waals surface area contributed by atoms with Crippen LogP contribution in [0, 0.1) is 12.7 Å². The fourth-order valence-electron chi connectivity index (χ4n) is 4.54. The number of carbonyl (C=O) groups is 1. The van der Waals surface area contributed by atoms with Gasteiger partial charge in [0.1, 0.15) is 5.82 Å². The molecule has 9 heteroatoms. The maximum atomic E-state index is 13.8. The lowest BCUT2D eigenvalue weighted by molar-refractivity contribution is -0.133. The molecule has 4 rings (SSSR count). The average Bonchev–Trinajstić information content (AvgIpc) is 3.28. The third-order valence-electron chi connectivity index (χ3n) is 6.64. The molecule has 36 heavy (non-hydrogen) atoms. The molecule has 1 saturated carbocycles. The molecular weight excluding hydrogens is 519 g/mol. The number of hydrogen-bond donors (Lipinski definition) is 0. The largest absolute Gasteiger partial charge is 0.332 e. The summed E-state index contributed by atoms with van der Waals surface area (Å²) in [5.41, 5.74) is 1.86. The zero-order valence-corrected chi connectivity index (χ0v) is 22.6. The molecular formula is C27H30ClFN2O3S2. The molecule has 0 bridgehead atoms. The minimum absolute atomic E-state index is 0.129. The van der Waals surface area contributed by atoms with Crippen molar-refractivity contribution in [2.24, 2.45) is 0 Å². The summed E-state index contributed by atoms with van der Waals surface area (Å²) in [6.07, 6.45) is 4.37. The number of rotatable bonds is 9. The van der Waals surface area contributed by atoms with Crippen molar-refractivity contribution in [2.75, 3.05) is 6.54 Å². The molecule has 0 saturated heterocycles. The molecule has 0 unspecified atom stereocenters. The van der Waals surface area contributed by atoms with E-state index in [1.165, 1.54) is 28.6 Å². The van der Waals surface area contributed by atoms with Gasteiger partial charge in [-0.05, 0) is 78.7 Å². The molecule has 1 aliphatic carbocycles. The number of nitrogens with zero attached hydrogens (tertiary/aromatic N) is 2. The zero-order chi connectivity index (χ0) is 25.7. The Morgan fingerprint density at radius 1 is 1.00 bits per heavy atom. The van der Waals surface area contributed by atoms with Crippen LogP contribution in [0.4, 0.5) is 4.39 Å². The minimum atomic E-state index is -3.91. The first kappa shape index (κ1) is 26.8. The van der Waals surface area contributed by atoms with Crippen molar-refractivity contribution >= 4 is 38.9 Å². The van der Waals surface area contributed by atoms with E-state index in [0.29, 0.717) is 11.6 Å².